The third kappa shape index (κ3) is 4.29. The Labute approximate surface area is 167 Å². The van der Waals surface area contributed by atoms with Gasteiger partial charge in [-0.05, 0) is 80.9 Å². The minimum atomic E-state index is 0.152. The summed E-state index contributed by atoms with van der Waals surface area (Å²) in [7, 11) is 0. The van der Waals surface area contributed by atoms with Gasteiger partial charge in [-0.1, -0.05) is 6.08 Å². The monoisotopic (exact) mass is 381 g/mol. The summed E-state index contributed by atoms with van der Waals surface area (Å²) >= 11 is 0. The summed E-state index contributed by atoms with van der Waals surface area (Å²) in [6.07, 6.45) is 14.9. The summed E-state index contributed by atoms with van der Waals surface area (Å²) in [6.45, 7) is 2.34. The fourth-order valence-electron chi connectivity index (χ4n) is 4.84. The normalized spacial score (nSPS) is 23.2. The first-order valence-electron chi connectivity index (χ1n) is 10.8. The maximum Gasteiger partial charge on any atom is 0.249 e. The molecule has 1 aromatic heterocycles. The van der Waals surface area contributed by atoms with Crippen LogP contribution in [0, 0.1) is 11.3 Å². The molecule has 1 aliphatic heterocycles. The summed E-state index contributed by atoms with van der Waals surface area (Å²) in [5, 5.41) is 3.13. The number of pyridine rings is 1. The minimum absolute atomic E-state index is 0.152. The molecule has 1 unspecified atom stereocenters. The molecule has 5 heteroatoms. The number of carbonyl (C=O) groups is 2. The van der Waals surface area contributed by atoms with Crippen LogP contribution in [0.15, 0.2) is 36.2 Å². The maximum absolute atomic E-state index is 12.7. The van der Waals surface area contributed by atoms with E-state index < -0.39 is 0 Å². The second kappa shape index (κ2) is 8.46. The van der Waals surface area contributed by atoms with Gasteiger partial charge in [0, 0.05) is 43.5 Å². The van der Waals surface area contributed by atoms with E-state index in [0.717, 1.165) is 76.6 Å². The zero-order valence-electron chi connectivity index (χ0n) is 16.7. The predicted molar refractivity (Wildman–Crippen MR) is 108 cm³/mol. The lowest BCUT2D eigenvalue weighted by molar-refractivity contribution is -0.129. The SMILES string of the molecule is O=C(NCCCc1ccncc1)C1CC12CCN(C(=O)C1=CCCCC1)CC2. The molecule has 4 rings (SSSR count). The van der Waals surface area contributed by atoms with Crippen molar-refractivity contribution >= 4 is 11.8 Å². The summed E-state index contributed by atoms with van der Waals surface area (Å²) in [5.74, 6) is 0.608. The van der Waals surface area contributed by atoms with Crippen LogP contribution in [0.3, 0.4) is 0 Å². The minimum Gasteiger partial charge on any atom is -0.356 e. The number of nitrogens with one attached hydrogen (secondary N) is 1. The highest BCUT2D eigenvalue weighted by atomic mass is 16.2. The molecule has 3 aliphatic rings. The van der Waals surface area contributed by atoms with Crippen molar-refractivity contribution in [2.24, 2.45) is 11.3 Å². The van der Waals surface area contributed by atoms with E-state index in [4.69, 9.17) is 0 Å². The van der Waals surface area contributed by atoms with Gasteiger partial charge in [0.1, 0.15) is 0 Å². The van der Waals surface area contributed by atoms with Gasteiger partial charge in [0.2, 0.25) is 11.8 Å². The summed E-state index contributed by atoms with van der Waals surface area (Å²) in [4.78, 5) is 31.3. The number of amides is 2. The lowest BCUT2D eigenvalue weighted by Gasteiger charge is -2.34. The standard InChI is InChI=1S/C23H31N3O2/c27-21(25-12-4-5-18-8-13-24-14-9-18)20-17-23(20)10-15-26(16-11-23)22(28)19-6-2-1-3-7-19/h6,8-9,13-14,20H,1-5,7,10-12,15-17H2,(H,25,27). The van der Waals surface area contributed by atoms with E-state index in [1.54, 1.807) is 0 Å². The molecule has 1 saturated carbocycles. The van der Waals surface area contributed by atoms with Crippen LogP contribution in [-0.4, -0.2) is 41.3 Å². The van der Waals surface area contributed by atoms with Gasteiger partial charge < -0.3 is 10.2 Å². The van der Waals surface area contributed by atoms with E-state index in [9.17, 15) is 9.59 Å². The highest BCUT2D eigenvalue weighted by Crippen LogP contribution is 2.59. The first kappa shape index (κ1) is 19.2. The number of aryl methyl sites for hydroxylation is 1. The first-order valence-corrected chi connectivity index (χ1v) is 10.8. The van der Waals surface area contributed by atoms with Gasteiger partial charge >= 0.3 is 0 Å². The third-order valence-corrected chi connectivity index (χ3v) is 6.81. The fraction of sp³-hybridized carbons (Fsp3) is 0.609. The van der Waals surface area contributed by atoms with Crippen molar-refractivity contribution in [2.45, 2.75) is 57.8 Å². The molecule has 0 aromatic carbocycles. The summed E-state index contributed by atoms with van der Waals surface area (Å²) in [6, 6.07) is 4.05. The molecular formula is C23H31N3O2. The molecule has 1 spiro atoms. The number of piperidine rings is 1. The van der Waals surface area contributed by atoms with Crippen LogP contribution < -0.4 is 5.32 Å². The molecule has 2 amide bonds. The Morgan fingerprint density at radius 2 is 1.96 bits per heavy atom. The van der Waals surface area contributed by atoms with Gasteiger partial charge in [-0.15, -0.1) is 0 Å². The van der Waals surface area contributed by atoms with Gasteiger partial charge in [0.05, 0.1) is 0 Å². The number of rotatable bonds is 6. The third-order valence-electron chi connectivity index (χ3n) is 6.81. The molecular weight excluding hydrogens is 350 g/mol. The van der Waals surface area contributed by atoms with Gasteiger partial charge in [-0.25, -0.2) is 0 Å². The Morgan fingerprint density at radius 3 is 2.68 bits per heavy atom. The maximum atomic E-state index is 12.7. The number of carbonyl (C=O) groups excluding carboxylic acids is 2. The number of allylic oxidation sites excluding steroid dienone is 1. The van der Waals surface area contributed by atoms with Crippen molar-refractivity contribution in [3.05, 3.63) is 41.7 Å². The summed E-state index contributed by atoms with van der Waals surface area (Å²) in [5.41, 5.74) is 2.44. The van der Waals surface area contributed by atoms with E-state index in [-0.39, 0.29) is 23.1 Å². The topological polar surface area (TPSA) is 62.3 Å². The number of nitrogens with zero attached hydrogens (tertiary/aromatic N) is 2. The van der Waals surface area contributed by atoms with Crippen molar-refractivity contribution in [1.82, 2.24) is 15.2 Å². The Hall–Kier alpha value is -2.17. The van der Waals surface area contributed by atoms with Crippen LogP contribution in [0.1, 0.15) is 56.9 Å². The van der Waals surface area contributed by atoms with E-state index in [1.165, 1.54) is 12.0 Å². The van der Waals surface area contributed by atoms with Gasteiger partial charge in [0.25, 0.3) is 0 Å². The quantitative estimate of drug-likeness (QED) is 0.770. The molecule has 2 heterocycles. The highest BCUT2D eigenvalue weighted by Gasteiger charge is 2.58. The smallest absolute Gasteiger partial charge is 0.249 e. The molecule has 1 N–H and O–H groups in total. The van der Waals surface area contributed by atoms with Crippen LogP contribution in [0.4, 0.5) is 0 Å². The van der Waals surface area contributed by atoms with Crippen LogP contribution >= 0.6 is 0 Å². The molecule has 5 nitrogen and oxygen atoms in total. The average molecular weight is 382 g/mol. The second-order valence-corrected chi connectivity index (χ2v) is 8.64. The number of hydrogen-bond acceptors (Lipinski definition) is 3. The molecule has 2 aliphatic carbocycles. The Kier molecular flexibility index (Phi) is 5.79. The van der Waals surface area contributed by atoms with E-state index in [0.29, 0.717) is 0 Å². The van der Waals surface area contributed by atoms with Crippen molar-refractivity contribution in [1.29, 1.82) is 0 Å². The lowest BCUT2D eigenvalue weighted by atomic mass is 9.89. The molecule has 0 radical (unpaired) electrons. The fourth-order valence-corrected chi connectivity index (χ4v) is 4.84. The van der Waals surface area contributed by atoms with Crippen molar-refractivity contribution in [2.75, 3.05) is 19.6 Å². The Morgan fingerprint density at radius 1 is 1.18 bits per heavy atom. The zero-order valence-corrected chi connectivity index (χ0v) is 16.7. The van der Waals surface area contributed by atoms with Crippen LogP contribution in [0.25, 0.3) is 0 Å². The Balaban J connectivity index is 1.18. The first-order chi connectivity index (χ1) is 13.7. The highest BCUT2D eigenvalue weighted by molar-refractivity contribution is 5.93. The van der Waals surface area contributed by atoms with Crippen molar-refractivity contribution in [3.8, 4) is 0 Å². The van der Waals surface area contributed by atoms with Crippen molar-refractivity contribution < 1.29 is 9.59 Å². The predicted octanol–water partition coefficient (Wildman–Crippen LogP) is 3.26. The molecule has 1 aromatic rings. The molecule has 1 atom stereocenters. The van der Waals surface area contributed by atoms with Crippen LogP contribution in [-0.2, 0) is 16.0 Å². The van der Waals surface area contributed by atoms with Crippen molar-refractivity contribution in [3.63, 3.8) is 0 Å². The molecule has 0 bridgehead atoms. The second-order valence-electron chi connectivity index (χ2n) is 8.64. The number of hydrogen-bond donors (Lipinski definition) is 1. The number of likely N-dealkylation sites (tertiary alicyclic amines) is 1. The van der Waals surface area contributed by atoms with Crippen LogP contribution in [0.2, 0.25) is 0 Å². The van der Waals surface area contributed by atoms with E-state index in [2.05, 4.69) is 16.4 Å². The van der Waals surface area contributed by atoms with E-state index >= 15 is 0 Å². The Bertz CT molecular complexity index is 735. The average Bonchev–Trinajstić information content (AvgIpc) is 3.46. The largest absolute Gasteiger partial charge is 0.356 e. The zero-order chi connectivity index (χ0) is 19.4. The van der Waals surface area contributed by atoms with Gasteiger partial charge in [0.15, 0.2) is 0 Å². The molecule has 2 fully saturated rings. The molecule has 150 valence electrons. The van der Waals surface area contributed by atoms with Crippen LogP contribution in [0.5, 0.6) is 0 Å². The molecule has 1 saturated heterocycles. The summed E-state index contributed by atoms with van der Waals surface area (Å²) < 4.78 is 0. The molecule has 28 heavy (non-hydrogen) atoms. The van der Waals surface area contributed by atoms with Gasteiger partial charge in [-0.3, -0.25) is 14.6 Å². The lowest BCUT2D eigenvalue weighted by Crippen LogP contribution is -2.41. The number of aromatic nitrogens is 1. The van der Waals surface area contributed by atoms with Gasteiger partial charge in [-0.2, -0.15) is 0 Å². The van der Waals surface area contributed by atoms with E-state index in [1.807, 2.05) is 29.4 Å².